The molecule has 0 aliphatic carbocycles. The fourth-order valence-electron chi connectivity index (χ4n) is 2.51. The second-order valence-corrected chi connectivity index (χ2v) is 5.23. The van der Waals surface area contributed by atoms with Crippen LogP contribution in [0.1, 0.15) is 26.7 Å². The summed E-state index contributed by atoms with van der Waals surface area (Å²) in [5, 5.41) is 3.65. The fraction of sp³-hybridized carbons (Fsp3) is 1.00. The van der Waals surface area contributed by atoms with Crippen molar-refractivity contribution in [1.82, 2.24) is 10.2 Å². The summed E-state index contributed by atoms with van der Waals surface area (Å²) < 4.78 is 10.5. The molecule has 4 heteroatoms. The molecule has 0 aromatic carbocycles. The van der Waals surface area contributed by atoms with Gasteiger partial charge in [0.05, 0.1) is 19.8 Å². The van der Waals surface area contributed by atoms with Gasteiger partial charge in [-0.05, 0) is 31.8 Å². The second-order valence-electron chi connectivity index (χ2n) is 5.23. The monoisotopic (exact) mass is 258 g/mol. The first-order valence-corrected chi connectivity index (χ1v) is 7.30. The summed E-state index contributed by atoms with van der Waals surface area (Å²) in [4.78, 5) is 2.52. The maximum atomic E-state index is 5.52. The number of likely N-dealkylation sites (tertiary alicyclic amines) is 1. The van der Waals surface area contributed by atoms with Gasteiger partial charge in [-0.3, -0.25) is 0 Å². The number of ether oxygens (including phenoxy) is 2. The standard InChI is InChI=1S/C14H30N2O2/c1-4-6-15-14-5-7-16(12-13(14)2)8-9-18-11-10-17-3/h13-15H,4-12H2,1-3H3. The molecule has 0 spiro atoms. The van der Waals surface area contributed by atoms with Crippen molar-refractivity contribution in [3.63, 3.8) is 0 Å². The van der Waals surface area contributed by atoms with Gasteiger partial charge in [0.1, 0.15) is 0 Å². The Bertz CT molecular complexity index is 200. The predicted molar refractivity (Wildman–Crippen MR) is 75.0 cm³/mol. The molecule has 0 radical (unpaired) electrons. The molecule has 1 saturated heterocycles. The Hall–Kier alpha value is -0.160. The Balaban J connectivity index is 2.08. The zero-order chi connectivity index (χ0) is 13.2. The van der Waals surface area contributed by atoms with Crippen LogP contribution in [0.25, 0.3) is 0 Å². The third-order valence-corrected chi connectivity index (χ3v) is 3.63. The van der Waals surface area contributed by atoms with Crippen LogP contribution in [0.2, 0.25) is 0 Å². The number of rotatable bonds is 9. The first kappa shape index (κ1) is 15.9. The second kappa shape index (κ2) is 9.73. The smallest absolute Gasteiger partial charge is 0.0700 e. The minimum atomic E-state index is 0.694. The normalized spacial score (nSPS) is 25.5. The highest BCUT2D eigenvalue weighted by Crippen LogP contribution is 2.16. The van der Waals surface area contributed by atoms with Crippen LogP contribution in [0.5, 0.6) is 0 Å². The van der Waals surface area contributed by atoms with Crippen molar-refractivity contribution in [1.29, 1.82) is 0 Å². The SMILES string of the molecule is CCCNC1CCN(CCOCCOC)CC1C. The molecule has 1 N–H and O–H groups in total. The summed E-state index contributed by atoms with van der Waals surface area (Å²) >= 11 is 0. The Kier molecular flexibility index (Phi) is 8.59. The van der Waals surface area contributed by atoms with Crippen LogP contribution in [-0.2, 0) is 9.47 Å². The van der Waals surface area contributed by atoms with Crippen LogP contribution in [0.3, 0.4) is 0 Å². The number of methoxy groups -OCH3 is 1. The van der Waals surface area contributed by atoms with Gasteiger partial charge in [-0.15, -0.1) is 0 Å². The summed E-state index contributed by atoms with van der Waals surface area (Å²) in [5.74, 6) is 0.740. The highest BCUT2D eigenvalue weighted by molar-refractivity contribution is 4.82. The van der Waals surface area contributed by atoms with E-state index < -0.39 is 0 Å². The highest BCUT2D eigenvalue weighted by atomic mass is 16.5. The molecule has 1 aliphatic rings. The maximum absolute atomic E-state index is 5.52. The van der Waals surface area contributed by atoms with E-state index in [1.165, 1.54) is 25.9 Å². The van der Waals surface area contributed by atoms with Gasteiger partial charge in [0.25, 0.3) is 0 Å². The predicted octanol–water partition coefficient (Wildman–Crippen LogP) is 1.36. The van der Waals surface area contributed by atoms with Crippen LogP contribution in [0, 0.1) is 5.92 Å². The molecule has 0 amide bonds. The first-order chi connectivity index (χ1) is 8.77. The van der Waals surface area contributed by atoms with Crippen molar-refractivity contribution in [2.24, 2.45) is 5.92 Å². The summed E-state index contributed by atoms with van der Waals surface area (Å²) in [5.41, 5.74) is 0. The van der Waals surface area contributed by atoms with Crippen molar-refractivity contribution in [3.8, 4) is 0 Å². The van der Waals surface area contributed by atoms with Gasteiger partial charge in [-0.1, -0.05) is 13.8 Å². The molecular weight excluding hydrogens is 228 g/mol. The van der Waals surface area contributed by atoms with Crippen LogP contribution in [0.15, 0.2) is 0 Å². The van der Waals surface area contributed by atoms with E-state index in [2.05, 4.69) is 24.1 Å². The molecule has 2 atom stereocenters. The molecule has 4 nitrogen and oxygen atoms in total. The van der Waals surface area contributed by atoms with Crippen LogP contribution >= 0.6 is 0 Å². The van der Waals surface area contributed by atoms with Crippen molar-refractivity contribution < 1.29 is 9.47 Å². The summed E-state index contributed by atoms with van der Waals surface area (Å²) in [6.45, 7) is 11.4. The summed E-state index contributed by atoms with van der Waals surface area (Å²) in [7, 11) is 1.71. The van der Waals surface area contributed by atoms with E-state index in [1.54, 1.807) is 7.11 Å². The molecular formula is C14H30N2O2. The molecule has 18 heavy (non-hydrogen) atoms. The summed E-state index contributed by atoms with van der Waals surface area (Å²) in [6.07, 6.45) is 2.49. The van der Waals surface area contributed by atoms with Crippen LogP contribution < -0.4 is 5.32 Å². The van der Waals surface area contributed by atoms with E-state index in [0.717, 1.165) is 25.6 Å². The van der Waals surface area contributed by atoms with Crippen molar-refractivity contribution >= 4 is 0 Å². The Morgan fingerprint density at radius 2 is 2.11 bits per heavy atom. The lowest BCUT2D eigenvalue weighted by Gasteiger charge is -2.37. The van der Waals surface area contributed by atoms with Crippen molar-refractivity contribution in [2.75, 3.05) is 53.1 Å². The molecule has 1 heterocycles. The minimum Gasteiger partial charge on any atom is -0.382 e. The van der Waals surface area contributed by atoms with Crippen LogP contribution in [0.4, 0.5) is 0 Å². The minimum absolute atomic E-state index is 0.694. The molecule has 0 aromatic heterocycles. The van der Waals surface area contributed by atoms with Gasteiger partial charge < -0.3 is 19.7 Å². The molecule has 2 unspecified atom stereocenters. The molecule has 1 fully saturated rings. The molecule has 0 aromatic rings. The number of nitrogens with zero attached hydrogens (tertiary/aromatic N) is 1. The number of hydrogen-bond acceptors (Lipinski definition) is 4. The van der Waals surface area contributed by atoms with E-state index in [1.807, 2.05) is 0 Å². The Labute approximate surface area is 112 Å². The Morgan fingerprint density at radius 3 is 2.78 bits per heavy atom. The van der Waals surface area contributed by atoms with E-state index in [4.69, 9.17) is 9.47 Å². The topological polar surface area (TPSA) is 33.7 Å². The molecule has 0 saturated carbocycles. The lowest BCUT2D eigenvalue weighted by atomic mass is 9.94. The Morgan fingerprint density at radius 1 is 1.28 bits per heavy atom. The molecule has 1 rings (SSSR count). The van der Waals surface area contributed by atoms with Gasteiger partial charge in [0.15, 0.2) is 0 Å². The van der Waals surface area contributed by atoms with E-state index in [-0.39, 0.29) is 0 Å². The highest BCUT2D eigenvalue weighted by Gasteiger charge is 2.24. The first-order valence-electron chi connectivity index (χ1n) is 7.30. The van der Waals surface area contributed by atoms with Gasteiger partial charge in [0.2, 0.25) is 0 Å². The number of nitrogens with one attached hydrogen (secondary N) is 1. The quantitative estimate of drug-likeness (QED) is 0.633. The average Bonchev–Trinajstić information content (AvgIpc) is 2.37. The van der Waals surface area contributed by atoms with Gasteiger partial charge in [0, 0.05) is 26.2 Å². The lowest BCUT2D eigenvalue weighted by Crippen LogP contribution is -2.49. The largest absolute Gasteiger partial charge is 0.382 e. The molecule has 1 aliphatic heterocycles. The fourth-order valence-corrected chi connectivity index (χ4v) is 2.51. The lowest BCUT2D eigenvalue weighted by molar-refractivity contribution is 0.0466. The van der Waals surface area contributed by atoms with Gasteiger partial charge >= 0.3 is 0 Å². The molecule has 108 valence electrons. The third kappa shape index (κ3) is 6.14. The zero-order valence-corrected chi connectivity index (χ0v) is 12.3. The van der Waals surface area contributed by atoms with E-state index >= 15 is 0 Å². The van der Waals surface area contributed by atoms with Crippen molar-refractivity contribution in [2.45, 2.75) is 32.7 Å². The molecule has 0 bridgehead atoms. The number of piperidine rings is 1. The number of hydrogen-bond donors (Lipinski definition) is 1. The maximum Gasteiger partial charge on any atom is 0.0700 e. The van der Waals surface area contributed by atoms with E-state index in [0.29, 0.717) is 19.3 Å². The average molecular weight is 258 g/mol. The van der Waals surface area contributed by atoms with Crippen molar-refractivity contribution in [3.05, 3.63) is 0 Å². The van der Waals surface area contributed by atoms with E-state index in [9.17, 15) is 0 Å². The summed E-state index contributed by atoms with van der Waals surface area (Å²) in [6, 6.07) is 0.704. The zero-order valence-electron chi connectivity index (χ0n) is 12.3. The van der Waals surface area contributed by atoms with Gasteiger partial charge in [-0.2, -0.15) is 0 Å². The van der Waals surface area contributed by atoms with Crippen LogP contribution in [-0.4, -0.2) is 64.1 Å². The van der Waals surface area contributed by atoms with Gasteiger partial charge in [-0.25, -0.2) is 0 Å². The third-order valence-electron chi connectivity index (χ3n) is 3.63.